The molecule has 0 saturated carbocycles. The van der Waals surface area contributed by atoms with Gasteiger partial charge in [0, 0.05) is 22.7 Å². The van der Waals surface area contributed by atoms with Crippen LogP contribution in [0.4, 0.5) is 0 Å². The minimum absolute atomic E-state index is 0.250. The Kier molecular flexibility index (Phi) is 2.32. The SMILES string of the molecule is Cc1nccc2c(C(=O)O)ccc(Cl)c12. The summed E-state index contributed by atoms with van der Waals surface area (Å²) < 4.78 is 0. The van der Waals surface area contributed by atoms with Crippen LogP contribution in [0.1, 0.15) is 16.1 Å². The zero-order valence-corrected chi connectivity index (χ0v) is 8.75. The number of halogens is 1. The Labute approximate surface area is 91.3 Å². The number of fused-ring (bicyclic) bond motifs is 1. The van der Waals surface area contributed by atoms with Gasteiger partial charge in [-0.05, 0) is 25.1 Å². The molecule has 4 heteroatoms. The van der Waals surface area contributed by atoms with Gasteiger partial charge in [0.2, 0.25) is 0 Å². The third-order valence-electron chi connectivity index (χ3n) is 2.30. The highest BCUT2D eigenvalue weighted by Gasteiger charge is 2.11. The van der Waals surface area contributed by atoms with Crippen LogP contribution in [0.25, 0.3) is 10.8 Å². The summed E-state index contributed by atoms with van der Waals surface area (Å²) >= 11 is 6.01. The van der Waals surface area contributed by atoms with E-state index < -0.39 is 5.97 Å². The second-order valence-electron chi connectivity index (χ2n) is 3.22. The number of rotatable bonds is 1. The van der Waals surface area contributed by atoms with E-state index in [2.05, 4.69) is 4.98 Å². The van der Waals surface area contributed by atoms with Crippen molar-refractivity contribution in [2.75, 3.05) is 0 Å². The average molecular weight is 222 g/mol. The van der Waals surface area contributed by atoms with Crippen molar-refractivity contribution in [3.05, 3.63) is 40.7 Å². The minimum Gasteiger partial charge on any atom is -0.478 e. The molecular weight excluding hydrogens is 214 g/mol. The second-order valence-corrected chi connectivity index (χ2v) is 3.63. The van der Waals surface area contributed by atoms with Crippen LogP contribution >= 0.6 is 11.6 Å². The molecule has 76 valence electrons. The maximum absolute atomic E-state index is 11.0. The maximum Gasteiger partial charge on any atom is 0.336 e. The lowest BCUT2D eigenvalue weighted by atomic mass is 10.0. The Morgan fingerprint density at radius 2 is 2.13 bits per heavy atom. The number of carbonyl (C=O) groups is 1. The van der Waals surface area contributed by atoms with Gasteiger partial charge in [0.25, 0.3) is 0 Å². The molecule has 0 aliphatic rings. The van der Waals surface area contributed by atoms with E-state index in [1.165, 1.54) is 6.07 Å². The lowest BCUT2D eigenvalue weighted by Crippen LogP contribution is -1.98. The van der Waals surface area contributed by atoms with Crippen LogP contribution in [0.15, 0.2) is 24.4 Å². The summed E-state index contributed by atoms with van der Waals surface area (Å²) in [5.41, 5.74) is 0.987. The zero-order valence-electron chi connectivity index (χ0n) is 7.99. The third-order valence-corrected chi connectivity index (χ3v) is 2.61. The van der Waals surface area contributed by atoms with Crippen molar-refractivity contribution in [3.63, 3.8) is 0 Å². The first-order valence-electron chi connectivity index (χ1n) is 4.38. The highest BCUT2D eigenvalue weighted by Crippen LogP contribution is 2.28. The molecule has 2 aromatic rings. The van der Waals surface area contributed by atoms with Gasteiger partial charge in [-0.1, -0.05) is 11.6 Å². The van der Waals surface area contributed by atoms with Crippen LogP contribution in [0, 0.1) is 6.92 Å². The number of benzene rings is 1. The molecule has 1 aromatic heterocycles. The van der Waals surface area contributed by atoms with Gasteiger partial charge in [0.05, 0.1) is 10.6 Å². The van der Waals surface area contributed by atoms with Crippen LogP contribution in [0.5, 0.6) is 0 Å². The molecule has 3 nitrogen and oxygen atoms in total. The molecule has 0 aliphatic heterocycles. The zero-order chi connectivity index (χ0) is 11.0. The Balaban J connectivity index is 2.95. The van der Waals surface area contributed by atoms with E-state index in [0.717, 1.165) is 5.69 Å². The lowest BCUT2D eigenvalue weighted by molar-refractivity contribution is 0.0699. The van der Waals surface area contributed by atoms with Crippen molar-refractivity contribution < 1.29 is 9.90 Å². The molecule has 0 amide bonds. The van der Waals surface area contributed by atoms with Crippen LogP contribution in [0.3, 0.4) is 0 Å². The summed E-state index contributed by atoms with van der Waals surface area (Å²) in [4.78, 5) is 15.1. The smallest absolute Gasteiger partial charge is 0.336 e. The highest BCUT2D eigenvalue weighted by molar-refractivity contribution is 6.36. The van der Waals surface area contributed by atoms with Gasteiger partial charge >= 0.3 is 5.97 Å². The van der Waals surface area contributed by atoms with Gasteiger partial charge in [-0.2, -0.15) is 0 Å². The Bertz CT molecular complexity index is 543. The predicted molar refractivity (Wildman–Crippen MR) is 58.4 cm³/mol. The summed E-state index contributed by atoms with van der Waals surface area (Å²) in [5, 5.41) is 10.9. The van der Waals surface area contributed by atoms with E-state index in [4.69, 9.17) is 16.7 Å². The topological polar surface area (TPSA) is 50.2 Å². The molecule has 1 heterocycles. The first-order valence-corrected chi connectivity index (χ1v) is 4.76. The molecule has 1 aromatic carbocycles. The van der Waals surface area contributed by atoms with E-state index in [1.54, 1.807) is 25.3 Å². The number of aromatic nitrogens is 1. The molecular formula is C11H8ClNO2. The molecule has 0 spiro atoms. The first kappa shape index (κ1) is 9.93. The Morgan fingerprint density at radius 3 is 2.80 bits per heavy atom. The monoisotopic (exact) mass is 221 g/mol. The fraction of sp³-hybridized carbons (Fsp3) is 0.0909. The number of hydrogen-bond acceptors (Lipinski definition) is 2. The standard InChI is InChI=1S/C11H8ClNO2/c1-6-10-7(4-5-13-6)8(11(14)15)2-3-9(10)12/h2-5H,1H3,(H,14,15). The van der Waals surface area contributed by atoms with Crippen molar-refractivity contribution >= 4 is 28.3 Å². The van der Waals surface area contributed by atoms with E-state index in [0.29, 0.717) is 15.8 Å². The van der Waals surface area contributed by atoms with Gasteiger partial charge in [-0.25, -0.2) is 4.79 Å². The molecule has 0 fully saturated rings. The third kappa shape index (κ3) is 1.55. The highest BCUT2D eigenvalue weighted by atomic mass is 35.5. The number of nitrogens with zero attached hydrogens (tertiary/aromatic N) is 1. The van der Waals surface area contributed by atoms with Gasteiger partial charge in [0.15, 0.2) is 0 Å². The molecule has 0 radical (unpaired) electrons. The fourth-order valence-electron chi connectivity index (χ4n) is 1.61. The molecule has 2 rings (SSSR count). The lowest BCUT2D eigenvalue weighted by Gasteiger charge is -2.06. The van der Waals surface area contributed by atoms with E-state index in [1.807, 2.05) is 0 Å². The van der Waals surface area contributed by atoms with Gasteiger partial charge in [-0.3, -0.25) is 4.98 Å². The molecule has 0 saturated heterocycles. The van der Waals surface area contributed by atoms with Gasteiger partial charge in [-0.15, -0.1) is 0 Å². The number of aryl methyl sites for hydroxylation is 1. The van der Waals surface area contributed by atoms with Crippen molar-refractivity contribution in [1.29, 1.82) is 0 Å². The molecule has 0 aliphatic carbocycles. The first-order chi connectivity index (χ1) is 7.11. The van der Waals surface area contributed by atoms with Gasteiger partial charge in [0.1, 0.15) is 0 Å². The summed E-state index contributed by atoms with van der Waals surface area (Å²) in [6, 6.07) is 4.76. The Morgan fingerprint density at radius 1 is 1.40 bits per heavy atom. The van der Waals surface area contributed by atoms with Crippen LogP contribution in [-0.4, -0.2) is 16.1 Å². The average Bonchev–Trinajstić information content (AvgIpc) is 2.17. The summed E-state index contributed by atoms with van der Waals surface area (Å²) in [6.07, 6.45) is 1.58. The van der Waals surface area contributed by atoms with E-state index in [-0.39, 0.29) is 5.56 Å². The van der Waals surface area contributed by atoms with Crippen LogP contribution < -0.4 is 0 Å². The number of carboxylic acid groups (broad SMARTS) is 1. The Hall–Kier alpha value is -1.61. The van der Waals surface area contributed by atoms with E-state index in [9.17, 15) is 4.79 Å². The molecule has 0 atom stereocenters. The molecule has 15 heavy (non-hydrogen) atoms. The van der Waals surface area contributed by atoms with Crippen molar-refractivity contribution in [2.24, 2.45) is 0 Å². The number of carboxylic acids is 1. The summed E-state index contributed by atoms with van der Waals surface area (Å²) in [6.45, 7) is 1.81. The van der Waals surface area contributed by atoms with Crippen LogP contribution in [0.2, 0.25) is 5.02 Å². The number of aromatic carboxylic acids is 1. The summed E-state index contributed by atoms with van der Waals surface area (Å²) in [7, 11) is 0. The van der Waals surface area contributed by atoms with Gasteiger partial charge < -0.3 is 5.11 Å². The van der Waals surface area contributed by atoms with E-state index >= 15 is 0 Å². The molecule has 0 bridgehead atoms. The van der Waals surface area contributed by atoms with Crippen molar-refractivity contribution in [2.45, 2.75) is 6.92 Å². The summed E-state index contributed by atoms with van der Waals surface area (Å²) in [5.74, 6) is -0.956. The second kappa shape index (κ2) is 3.51. The quantitative estimate of drug-likeness (QED) is 0.806. The molecule has 0 unspecified atom stereocenters. The van der Waals surface area contributed by atoms with Crippen molar-refractivity contribution in [1.82, 2.24) is 4.98 Å². The number of pyridine rings is 1. The number of hydrogen-bond donors (Lipinski definition) is 1. The minimum atomic E-state index is -0.956. The van der Waals surface area contributed by atoms with Crippen LogP contribution in [-0.2, 0) is 0 Å². The predicted octanol–water partition coefficient (Wildman–Crippen LogP) is 2.89. The van der Waals surface area contributed by atoms with Crippen molar-refractivity contribution in [3.8, 4) is 0 Å². The fourth-order valence-corrected chi connectivity index (χ4v) is 1.91. The maximum atomic E-state index is 11.0. The normalized spacial score (nSPS) is 10.5. The molecule has 1 N–H and O–H groups in total. The largest absolute Gasteiger partial charge is 0.478 e.